The van der Waals surface area contributed by atoms with Gasteiger partial charge < -0.3 is 10.6 Å². The topological polar surface area (TPSA) is 44.4 Å². The van der Waals surface area contributed by atoms with Gasteiger partial charge in [0.05, 0.1) is 0 Å². The van der Waals surface area contributed by atoms with E-state index in [0.717, 1.165) is 25.2 Å². The molecule has 6 rings (SSSR count). The number of carbonyl (C=O) groups excluding carboxylic acids is 1. The summed E-state index contributed by atoms with van der Waals surface area (Å²) in [6.07, 6.45) is 9.37. The van der Waals surface area contributed by atoms with E-state index in [1.807, 2.05) is 0 Å². The lowest BCUT2D eigenvalue weighted by Crippen LogP contribution is -2.52. The number of rotatable bonds is 9. The van der Waals surface area contributed by atoms with E-state index in [4.69, 9.17) is 0 Å². The van der Waals surface area contributed by atoms with E-state index < -0.39 is 0 Å². The monoisotopic (exact) mass is 535 g/mol. The van der Waals surface area contributed by atoms with E-state index in [0.29, 0.717) is 12.1 Å². The molecule has 0 aromatic heterocycles. The Bertz CT molecular complexity index is 1190. The zero-order chi connectivity index (χ0) is 27.5. The van der Waals surface area contributed by atoms with Gasteiger partial charge in [-0.3, -0.25) is 4.90 Å². The molecule has 1 aliphatic carbocycles. The first-order valence-corrected chi connectivity index (χ1v) is 15.5. The number of fused-ring (bicyclic) bond motifs is 5. The zero-order valence-corrected chi connectivity index (χ0v) is 24.2. The highest BCUT2D eigenvalue weighted by Gasteiger charge is 2.43. The van der Waals surface area contributed by atoms with Crippen LogP contribution in [0.25, 0.3) is 0 Å². The first kappa shape index (κ1) is 27.1. The fraction of sp³-hybridized carbons (Fsp3) is 0.472. The third-order valence-corrected chi connectivity index (χ3v) is 9.78. The van der Waals surface area contributed by atoms with Gasteiger partial charge in [0.1, 0.15) is 0 Å². The molecule has 1 saturated heterocycles. The van der Waals surface area contributed by atoms with Crippen LogP contribution in [0.1, 0.15) is 105 Å². The van der Waals surface area contributed by atoms with E-state index in [1.54, 1.807) is 11.1 Å². The van der Waals surface area contributed by atoms with Gasteiger partial charge >= 0.3 is 6.03 Å². The van der Waals surface area contributed by atoms with Crippen molar-refractivity contribution >= 4 is 6.03 Å². The molecule has 210 valence electrons. The molecule has 3 aliphatic rings. The molecule has 2 fully saturated rings. The molecule has 1 saturated carbocycles. The molecule has 3 aromatic rings. The van der Waals surface area contributed by atoms with Crippen LogP contribution in [0.3, 0.4) is 0 Å². The van der Waals surface area contributed by atoms with Gasteiger partial charge in [-0.1, -0.05) is 84.9 Å². The molecule has 2 aliphatic heterocycles. The van der Waals surface area contributed by atoms with Crippen molar-refractivity contribution in [3.63, 3.8) is 0 Å². The van der Waals surface area contributed by atoms with Crippen molar-refractivity contribution in [3.8, 4) is 0 Å². The number of benzene rings is 3. The van der Waals surface area contributed by atoms with Crippen molar-refractivity contribution < 1.29 is 4.79 Å². The molecular formula is C36H45N3O. The normalized spacial score (nSPS) is 24.2. The fourth-order valence-electron chi connectivity index (χ4n) is 7.78. The van der Waals surface area contributed by atoms with Crippen LogP contribution in [0, 0.1) is 5.92 Å². The highest BCUT2D eigenvalue weighted by Crippen LogP contribution is 2.53. The first-order valence-electron chi connectivity index (χ1n) is 15.5. The Labute approximate surface area is 240 Å². The molecule has 2 unspecified atom stereocenters. The first-order chi connectivity index (χ1) is 19.5. The Morgan fingerprint density at radius 2 is 1.30 bits per heavy atom. The van der Waals surface area contributed by atoms with Crippen molar-refractivity contribution in [2.45, 2.75) is 94.8 Å². The summed E-state index contributed by atoms with van der Waals surface area (Å²) in [5.41, 5.74) is 5.39. The summed E-state index contributed by atoms with van der Waals surface area (Å²) >= 11 is 0. The van der Waals surface area contributed by atoms with E-state index in [9.17, 15) is 4.79 Å². The van der Waals surface area contributed by atoms with Crippen molar-refractivity contribution in [2.75, 3.05) is 6.54 Å². The number of nitrogens with zero attached hydrogens (tertiary/aromatic N) is 1. The third-order valence-electron chi connectivity index (χ3n) is 9.78. The summed E-state index contributed by atoms with van der Waals surface area (Å²) in [6.45, 7) is 5.50. The SMILES string of the molecule is CC(C)(CC(c1ccccc1)c1ccccc1)NC(=O)NC1CCC(CCN2C3CCC2c2ccccc23)CC1. The van der Waals surface area contributed by atoms with Gasteiger partial charge in [0.2, 0.25) is 0 Å². The quantitative estimate of drug-likeness (QED) is 0.291. The van der Waals surface area contributed by atoms with Crippen LogP contribution in [-0.2, 0) is 0 Å². The van der Waals surface area contributed by atoms with Crippen molar-refractivity contribution in [2.24, 2.45) is 5.92 Å². The van der Waals surface area contributed by atoms with Crippen LogP contribution in [0.2, 0.25) is 0 Å². The van der Waals surface area contributed by atoms with Crippen LogP contribution in [-0.4, -0.2) is 29.1 Å². The average molecular weight is 536 g/mol. The Kier molecular flexibility index (Phi) is 7.98. The number of nitrogens with one attached hydrogen (secondary N) is 2. The third kappa shape index (κ3) is 5.98. The van der Waals surface area contributed by atoms with Gasteiger partial charge in [-0.15, -0.1) is 0 Å². The van der Waals surface area contributed by atoms with E-state index in [-0.39, 0.29) is 23.5 Å². The molecule has 2 amide bonds. The van der Waals surface area contributed by atoms with Crippen molar-refractivity contribution in [1.29, 1.82) is 0 Å². The fourth-order valence-corrected chi connectivity index (χ4v) is 7.78. The van der Waals surface area contributed by atoms with Gasteiger partial charge in [-0.05, 0) is 99.9 Å². The maximum atomic E-state index is 13.1. The van der Waals surface area contributed by atoms with Crippen molar-refractivity contribution in [3.05, 3.63) is 107 Å². The summed E-state index contributed by atoms with van der Waals surface area (Å²) in [5.74, 6) is 1.00. The maximum absolute atomic E-state index is 13.1. The van der Waals surface area contributed by atoms with Crippen molar-refractivity contribution in [1.82, 2.24) is 15.5 Å². The predicted molar refractivity (Wildman–Crippen MR) is 163 cm³/mol. The molecule has 4 nitrogen and oxygen atoms in total. The summed E-state index contributed by atoms with van der Waals surface area (Å²) in [7, 11) is 0. The van der Waals surface area contributed by atoms with Crippen LogP contribution in [0.15, 0.2) is 84.9 Å². The van der Waals surface area contributed by atoms with E-state index in [2.05, 4.69) is 114 Å². The molecule has 0 radical (unpaired) electrons. The van der Waals surface area contributed by atoms with E-state index in [1.165, 1.54) is 49.8 Å². The molecule has 2 bridgehead atoms. The lowest BCUT2D eigenvalue weighted by molar-refractivity contribution is 0.184. The summed E-state index contributed by atoms with van der Waals surface area (Å²) in [6, 6.07) is 31.9. The smallest absolute Gasteiger partial charge is 0.315 e. The Morgan fingerprint density at radius 1 is 0.775 bits per heavy atom. The Balaban J connectivity index is 0.971. The Hall–Kier alpha value is -3.11. The van der Waals surface area contributed by atoms with Gasteiger partial charge in [0, 0.05) is 29.6 Å². The number of urea groups is 1. The second-order valence-corrected chi connectivity index (χ2v) is 13.0. The molecule has 2 heterocycles. The number of hydrogen-bond acceptors (Lipinski definition) is 2. The van der Waals surface area contributed by atoms with Gasteiger partial charge in [0.15, 0.2) is 0 Å². The number of amides is 2. The lowest BCUT2D eigenvalue weighted by Gasteiger charge is -2.34. The highest BCUT2D eigenvalue weighted by atomic mass is 16.2. The minimum atomic E-state index is -0.343. The predicted octanol–water partition coefficient (Wildman–Crippen LogP) is 8.13. The summed E-state index contributed by atoms with van der Waals surface area (Å²) < 4.78 is 0. The zero-order valence-electron chi connectivity index (χ0n) is 24.2. The molecule has 0 spiro atoms. The lowest BCUT2D eigenvalue weighted by atomic mass is 9.81. The molecular weight excluding hydrogens is 490 g/mol. The number of carbonyl (C=O) groups is 1. The second kappa shape index (κ2) is 11.8. The standard InChI is InChI=1S/C36H45N3O/c1-36(2,25-32(27-11-5-3-6-12-27)28-13-7-4-8-14-28)38-35(40)37-29-19-17-26(18-20-29)23-24-39-33-21-22-34(39)31-16-10-9-15-30(31)33/h3-16,26,29,32-34H,17-25H2,1-2H3,(H2,37,38,40). The molecule has 2 atom stereocenters. The largest absolute Gasteiger partial charge is 0.335 e. The van der Waals surface area contributed by atoms with Gasteiger partial charge in [-0.2, -0.15) is 0 Å². The summed E-state index contributed by atoms with van der Waals surface area (Å²) in [5, 5.41) is 6.64. The molecule has 3 aromatic carbocycles. The average Bonchev–Trinajstić information content (AvgIpc) is 3.52. The molecule has 2 N–H and O–H groups in total. The highest BCUT2D eigenvalue weighted by molar-refractivity contribution is 5.75. The minimum absolute atomic E-state index is 0.0280. The second-order valence-electron chi connectivity index (χ2n) is 13.0. The maximum Gasteiger partial charge on any atom is 0.315 e. The van der Waals surface area contributed by atoms with Crippen LogP contribution < -0.4 is 10.6 Å². The van der Waals surface area contributed by atoms with Crippen LogP contribution in [0.5, 0.6) is 0 Å². The van der Waals surface area contributed by atoms with E-state index >= 15 is 0 Å². The van der Waals surface area contributed by atoms with Crippen LogP contribution in [0.4, 0.5) is 4.79 Å². The molecule has 4 heteroatoms. The van der Waals surface area contributed by atoms with Gasteiger partial charge in [0.25, 0.3) is 0 Å². The summed E-state index contributed by atoms with van der Waals surface area (Å²) in [4.78, 5) is 15.9. The number of hydrogen-bond donors (Lipinski definition) is 2. The molecule has 40 heavy (non-hydrogen) atoms. The minimum Gasteiger partial charge on any atom is -0.335 e. The van der Waals surface area contributed by atoms with Gasteiger partial charge in [-0.25, -0.2) is 4.79 Å². The Morgan fingerprint density at radius 3 is 1.85 bits per heavy atom. The van der Waals surface area contributed by atoms with Crippen LogP contribution >= 0.6 is 0 Å².